The Hall–Kier alpha value is -3.03. The predicted octanol–water partition coefficient (Wildman–Crippen LogP) is 3.77. The Labute approximate surface area is 134 Å². The lowest BCUT2D eigenvalue weighted by Gasteiger charge is -2.15. The maximum absolute atomic E-state index is 13.6. The normalized spacial score (nSPS) is 12.3. The van der Waals surface area contributed by atoms with E-state index >= 15 is 0 Å². The number of amides is 1. The number of carbonyl (C=O) groups is 1. The Morgan fingerprint density at radius 3 is 2.42 bits per heavy atom. The minimum atomic E-state index is -1.28. The number of hydrogen-bond acceptors (Lipinski definition) is 2. The molecule has 5 nitrogen and oxygen atoms in total. The fourth-order valence-corrected chi connectivity index (χ4v) is 2.55. The minimum Gasteiger partial charge on any atom is -0.465 e. The van der Waals surface area contributed by atoms with E-state index in [1.165, 1.54) is 29.7 Å². The van der Waals surface area contributed by atoms with E-state index in [1.807, 2.05) is 0 Å². The highest BCUT2D eigenvalue weighted by molar-refractivity contribution is 5.78. The summed E-state index contributed by atoms with van der Waals surface area (Å²) >= 11 is 0. The Morgan fingerprint density at radius 2 is 1.79 bits per heavy atom. The molecular formula is C16H12F3N3O2. The van der Waals surface area contributed by atoms with Gasteiger partial charge in [-0.2, -0.15) is 0 Å². The summed E-state index contributed by atoms with van der Waals surface area (Å²) in [6.45, 7) is 1.53. The Morgan fingerprint density at radius 1 is 1.12 bits per heavy atom. The number of aromatic nitrogens is 2. The minimum absolute atomic E-state index is 0.0784. The third-order valence-corrected chi connectivity index (χ3v) is 3.48. The van der Waals surface area contributed by atoms with Crippen molar-refractivity contribution >= 4 is 17.1 Å². The molecule has 0 saturated heterocycles. The summed E-state index contributed by atoms with van der Waals surface area (Å²) < 4.78 is 42.1. The number of nitrogens with one attached hydrogen (secondary N) is 1. The summed E-state index contributed by atoms with van der Waals surface area (Å²) in [6, 6.07) is 5.82. The van der Waals surface area contributed by atoms with Crippen LogP contribution in [0.5, 0.6) is 0 Å². The Balaban J connectivity index is 2.29. The zero-order valence-electron chi connectivity index (χ0n) is 12.4. The number of hydrogen-bond donors (Lipinski definition) is 2. The van der Waals surface area contributed by atoms with Gasteiger partial charge in [0.05, 0.1) is 22.8 Å². The molecule has 0 bridgehead atoms. The summed E-state index contributed by atoms with van der Waals surface area (Å²) in [5.74, 6) is -1.99. The molecule has 24 heavy (non-hydrogen) atoms. The number of nitrogens with zero attached hydrogens (tertiary/aromatic N) is 2. The second kappa shape index (κ2) is 5.88. The first-order valence-corrected chi connectivity index (χ1v) is 6.99. The summed E-state index contributed by atoms with van der Waals surface area (Å²) in [6.07, 6.45) is -1.28. The molecule has 1 atom stereocenters. The van der Waals surface area contributed by atoms with Crippen molar-refractivity contribution in [1.29, 1.82) is 0 Å². The molecule has 124 valence electrons. The highest BCUT2D eigenvalue weighted by Crippen LogP contribution is 2.27. The maximum atomic E-state index is 13.6. The highest BCUT2D eigenvalue weighted by Gasteiger charge is 2.20. The molecule has 0 fully saturated rings. The topological polar surface area (TPSA) is 67.2 Å². The van der Waals surface area contributed by atoms with Gasteiger partial charge in [0.25, 0.3) is 0 Å². The van der Waals surface area contributed by atoms with Gasteiger partial charge in [0.1, 0.15) is 23.3 Å². The monoisotopic (exact) mass is 335 g/mol. The molecule has 3 rings (SSSR count). The molecule has 2 N–H and O–H groups in total. The van der Waals surface area contributed by atoms with Crippen LogP contribution < -0.4 is 5.32 Å². The summed E-state index contributed by atoms with van der Waals surface area (Å²) in [4.78, 5) is 15.1. The van der Waals surface area contributed by atoms with E-state index in [9.17, 15) is 18.0 Å². The molecule has 2 aromatic carbocycles. The second-order valence-electron chi connectivity index (χ2n) is 5.24. The molecule has 1 aromatic heterocycles. The third kappa shape index (κ3) is 2.90. The number of fused-ring (bicyclic) bond motifs is 1. The van der Waals surface area contributed by atoms with Crippen LogP contribution in [0.25, 0.3) is 16.7 Å². The Kier molecular flexibility index (Phi) is 3.88. The van der Waals surface area contributed by atoms with Crippen molar-refractivity contribution in [2.75, 3.05) is 0 Å². The lowest BCUT2D eigenvalue weighted by Crippen LogP contribution is -2.26. The first kappa shape index (κ1) is 15.9. The Bertz CT molecular complexity index is 919. The van der Waals surface area contributed by atoms with E-state index in [0.717, 1.165) is 12.1 Å². The lowest BCUT2D eigenvalue weighted by molar-refractivity contribution is 0.190. The largest absolute Gasteiger partial charge is 0.465 e. The fraction of sp³-hybridized carbons (Fsp3) is 0.125. The molecule has 1 amide bonds. The zero-order chi connectivity index (χ0) is 17.4. The molecule has 0 aliphatic rings. The molecule has 0 unspecified atom stereocenters. The standard InChI is InChI=1S/C16H12F3N3O2/c1-8(20-16(23)24)15-21-13-3-2-9(17)7-14(13)22(15)12-5-10(18)4-11(19)6-12/h2-8,20H,1H3,(H,23,24)/t8-/m0/s1. The van der Waals surface area contributed by atoms with E-state index in [-0.39, 0.29) is 17.0 Å². The molecule has 0 aliphatic carbocycles. The molecule has 0 radical (unpaired) electrons. The first-order chi connectivity index (χ1) is 11.3. The predicted molar refractivity (Wildman–Crippen MR) is 80.5 cm³/mol. The van der Waals surface area contributed by atoms with Crippen LogP contribution in [-0.2, 0) is 0 Å². The van der Waals surface area contributed by atoms with Crippen LogP contribution in [-0.4, -0.2) is 20.8 Å². The molecular weight excluding hydrogens is 323 g/mol. The molecule has 0 saturated carbocycles. The molecule has 3 aromatic rings. The van der Waals surface area contributed by atoms with Gasteiger partial charge in [-0.15, -0.1) is 0 Å². The summed E-state index contributed by atoms with van der Waals surface area (Å²) in [7, 11) is 0. The van der Waals surface area contributed by atoms with Crippen molar-refractivity contribution in [1.82, 2.24) is 14.9 Å². The highest BCUT2D eigenvalue weighted by atomic mass is 19.1. The number of imidazole rings is 1. The van der Waals surface area contributed by atoms with Crippen molar-refractivity contribution in [2.24, 2.45) is 0 Å². The summed E-state index contributed by atoms with van der Waals surface area (Å²) in [5, 5.41) is 11.1. The van der Waals surface area contributed by atoms with Crippen LogP contribution in [0.1, 0.15) is 18.8 Å². The van der Waals surface area contributed by atoms with Gasteiger partial charge in [-0.3, -0.25) is 4.57 Å². The van der Waals surface area contributed by atoms with Crippen molar-refractivity contribution < 1.29 is 23.1 Å². The lowest BCUT2D eigenvalue weighted by atomic mass is 10.2. The van der Waals surface area contributed by atoms with Crippen molar-refractivity contribution in [2.45, 2.75) is 13.0 Å². The van der Waals surface area contributed by atoms with Gasteiger partial charge in [-0.1, -0.05) is 0 Å². The maximum Gasteiger partial charge on any atom is 0.405 e. The average Bonchev–Trinajstić information content (AvgIpc) is 2.84. The number of rotatable bonds is 3. The molecule has 1 heterocycles. The quantitative estimate of drug-likeness (QED) is 0.766. The number of carboxylic acid groups (broad SMARTS) is 1. The number of halogens is 3. The van der Waals surface area contributed by atoms with Crippen LogP contribution in [0.3, 0.4) is 0 Å². The second-order valence-corrected chi connectivity index (χ2v) is 5.24. The van der Waals surface area contributed by atoms with Gasteiger partial charge >= 0.3 is 6.09 Å². The van der Waals surface area contributed by atoms with Gasteiger partial charge < -0.3 is 10.4 Å². The average molecular weight is 335 g/mol. The van der Waals surface area contributed by atoms with Gasteiger partial charge in [0.2, 0.25) is 0 Å². The smallest absolute Gasteiger partial charge is 0.405 e. The van der Waals surface area contributed by atoms with Crippen LogP contribution in [0.15, 0.2) is 36.4 Å². The van der Waals surface area contributed by atoms with E-state index in [2.05, 4.69) is 10.3 Å². The first-order valence-electron chi connectivity index (χ1n) is 6.99. The van der Waals surface area contributed by atoms with E-state index in [0.29, 0.717) is 11.6 Å². The van der Waals surface area contributed by atoms with Crippen LogP contribution in [0.2, 0.25) is 0 Å². The third-order valence-electron chi connectivity index (χ3n) is 3.48. The van der Waals surface area contributed by atoms with Gasteiger partial charge in [0.15, 0.2) is 0 Å². The molecule has 8 heteroatoms. The van der Waals surface area contributed by atoms with Crippen molar-refractivity contribution in [3.8, 4) is 5.69 Å². The van der Waals surface area contributed by atoms with E-state index in [4.69, 9.17) is 5.11 Å². The fourth-order valence-electron chi connectivity index (χ4n) is 2.55. The van der Waals surface area contributed by atoms with Crippen molar-refractivity contribution in [3.05, 3.63) is 59.7 Å². The van der Waals surface area contributed by atoms with Crippen LogP contribution in [0.4, 0.5) is 18.0 Å². The SMILES string of the molecule is C[C@H](NC(=O)O)c1nc2ccc(F)cc2n1-c1cc(F)cc(F)c1. The van der Waals surface area contributed by atoms with Gasteiger partial charge in [-0.25, -0.2) is 22.9 Å². The van der Waals surface area contributed by atoms with E-state index < -0.39 is 29.6 Å². The molecule has 0 aliphatic heterocycles. The number of benzene rings is 2. The van der Waals surface area contributed by atoms with Crippen LogP contribution >= 0.6 is 0 Å². The van der Waals surface area contributed by atoms with Gasteiger partial charge in [-0.05, 0) is 31.2 Å². The summed E-state index contributed by atoms with van der Waals surface area (Å²) in [5.41, 5.74) is 0.721. The zero-order valence-corrected chi connectivity index (χ0v) is 12.4. The van der Waals surface area contributed by atoms with Gasteiger partial charge in [0, 0.05) is 12.1 Å². The molecule has 0 spiro atoms. The van der Waals surface area contributed by atoms with E-state index in [1.54, 1.807) is 0 Å². The van der Waals surface area contributed by atoms with Crippen LogP contribution in [0, 0.1) is 17.5 Å². The van der Waals surface area contributed by atoms with Crippen molar-refractivity contribution in [3.63, 3.8) is 0 Å².